The number of carbonyl (C=O) groups excluding carboxylic acids is 9. The lowest BCUT2D eigenvalue weighted by Crippen LogP contribution is -2.27. The second-order valence-corrected chi connectivity index (χ2v) is 32.7. The number of halogens is 8. The third-order valence-corrected chi connectivity index (χ3v) is 19.6. The van der Waals surface area contributed by atoms with E-state index in [1.165, 1.54) is 91.2 Å². The zero-order chi connectivity index (χ0) is 97.4. The molecule has 0 spiro atoms. The number of hydrogen-bond donors (Lipinski definition) is 7. The van der Waals surface area contributed by atoms with E-state index in [0.717, 1.165) is 44.5 Å². The van der Waals surface area contributed by atoms with E-state index in [9.17, 15) is 53.1 Å². The van der Waals surface area contributed by atoms with Crippen LogP contribution in [0.2, 0.25) is 40.2 Å². The van der Waals surface area contributed by atoms with E-state index in [-0.39, 0.29) is 108 Å². The Morgan fingerprint density at radius 1 is 0.326 bits per heavy atom. The van der Waals surface area contributed by atoms with Crippen molar-refractivity contribution in [1.29, 1.82) is 0 Å². The second-order valence-electron chi connectivity index (χ2n) is 29.3. The molecule has 12 aromatic rings. The molecule has 0 aliphatic heterocycles. The average Bonchev–Trinajstić information content (AvgIpc) is 0.744. The van der Waals surface area contributed by atoms with Crippen LogP contribution in [0.4, 0.5) is 22.7 Å². The molecule has 0 aliphatic carbocycles. The summed E-state index contributed by atoms with van der Waals surface area (Å²) in [5.41, 5.74) is 13.8. The van der Waals surface area contributed by atoms with Crippen LogP contribution in [-0.2, 0) is 38.0 Å². The molecule has 12 rings (SSSR count). The highest BCUT2D eigenvalue weighted by molar-refractivity contribution is 6.39. The quantitative estimate of drug-likeness (QED) is 0.0200. The first-order valence-corrected chi connectivity index (χ1v) is 42.0. The predicted octanol–water partition coefficient (Wildman–Crippen LogP) is 23.3. The van der Waals surface area contributed by atoms with Crippen molar-refractivity contribution in [3.63, 3.8) is 0 Å². The van der Waals surface area contributed by atoms with Crippen molar-refractivity contribution in [1.82, 2.24) is 0 Å². The Labute approximate surface area is 800 Å². The van der Waals surface area contributed by atoms with Crippen LogP contribution in [0.5, 0.6) is 23.0 Å². The van der Waals surface area contributed by atoms with E-state index in [4.69, 9.17) is 147 Å². The maximum absolute atomic E-state index is 13.3. The summed E-state index contributed by atoms with van der Waals surface area (Å²) >= 11 is 47.7. The number of methoxy groups -OCH3 is 6. The van der Waals surface area contributed by atoms with Crippen molar-refractivity contribution >= 4 is 175 Å². The van der Waals surface area contributed by atoms with Gasteiger partial charge in [0, 0.05) is 25.8 Å². The van der Waals surface area contributed by atoms with Crippen LogP contribution in [-0.4, -0.2) is 142 Å². The number of phenolic OH excluding ortho intramolecular Hbond substituents is 1. The molecule has 12 aromatic carbocycles. The summed E-state index contributed by atoms with van der Waals surface area (Å²) in [5.74, 6) is -6.56. The van der Waals surface area contributed by atoms with Crippen LogP contribution in [0.15, 0.2) is 243 Å². The van der Waals surface area contributed by atoms with E-state index in [2.05, 4.69) is 20.7 Å². The molecule has 0 aliphatic rings. The summed E-state index contributed by atoms with van der Waals surface area (Å²) in [6.07, 6.45) is 0. The largest absolute Gasteiger partial charge is 0.506 e. The van der Waals surface area contributed by atoms with Crippen molar-refractivity contribution < 1.29 is 106 Å². The van der Waals surface area contributed by atoms with Gasteiger partial charge in [-0.3, -0.25) is 14.4 Å². The van der Waals surface area contributed by atoms with Crippen molar-refractivity contribution in [2.75, 3.05) is 77.6 Å². The molecule has 688 valence electrons. The highest BCUT2D eigenvalue weighted by Gasteiger charge is 2.27. The topological polar surface area (TPSA) is 377 Å². The molecule has 0 saturated carbocycles. The van der Waals surface area contributed by atoms with Crippen molar-refractivity contribution in [3.8, 4) is 67.5 Å². The van der Waals surface area contributed by atoms with Crippen LogP contribution < -0.4 is 35.9 Å². The van der Waals surface area contributed by atoms with Gasteiger partial charge >= 0.3 is 41.8 Å². The third kappa shape index (κ3) is 31.2. The van der Waals surface area contributed by atoms with Gasteiger partial charge in [-0.15, -0.1) is 0 Å². The van der Waals surface area contributed by atoms with Crippen LogP contribution in [0.25, 0.3) is 44.5 Å². The zero-order valence-corrected chi connectivity index (χ0v) is 78.8. The number of carboxylic acid groups (broad SMARTS) is 1. The first-order valence-electron chi connectivity index (χ1n) is 39.0. The SMILES string of the molecule is CC(C)(C)OC(=O)CO.COC(=O)c1ccc(-c2ccccc2)cc1N.COC(=O)c1ccc(-c2ccccc2)cc1NC(=O)c1cc(Cl)cc(Cl)c1O.COC(=O)c1ccc(-c2ccccc2)cc1NC(=O)c1cc(Cl)cc(Cl)c1OC.COC(=O)c1ccc(-c2ccccc2)cc1NC(=O)c1cc(Cl)cc(Cl)c1OCC(=O)OC(C)(C)C.COc1c(Cl)cc(Cl)cc1C(=O)O. The van der Waals surface area contributed by atoms with Crippen molar-refractivity contribution in [2.45, 2.75) is 52.7 Å². The summed E-state index contributed by atoms with van der Waals surface area (Å²) < 4.78 is 44.7. The molecule has 0 radical (unpaired) electrons. The van der Waals surface area contributed by atoms with Gasteiger partial charge in [0.1, 0.15) is 34.9 Å². The highest BCUT2D eigenvalue weighted by atomic mass is 35.5. The third-order valence-electron chi connectivity index (χ3n) is 17.6. The number of nitrogens with one attached hydrogen (secondary N) is 3. The summed E-state index contributed by atoms with van der Waals surface area (Å²) in [6.45, 7) is 9.40. The molecule has 0 saturated heterocycles. The Bertz CT molecular complexity index is 6160. The molecule has 0 fully saturated rings. The second kappa shape index (κ2) is 50.1. The molecule has 3 amide bonds. The zero-order valence-electron chi connectivity index (χ0n) is 72.7. The van der Waals surface area contributed by atoms with Gasteiger partial charge in [0.05, 0.1) is 119 Å². The lowest BCUT2D eigenvalue weighted by molar-refractivity contribution is -0.158. The first kappa shape index (κ1) is 106. The number of aliphatic hydroxyl groups excluding tert-OH is 1. The number of esters is 6. The minimum atomic E-state index is -1.12. The van der Waals surface area contributed by atoms with E-state index >= 15 is 0 Å². The van der Waals surface area contributed by atoms with Gasteiger partial charge in [-0.2, -0.15) is 0 Å². The van der Waals surface area contributed by atoms with Crippen molar-refractivity contribution in [2.24, 2.45) is 0 Å². The van der Waals surface area contributed by atoms with E-state index in [1.807, 2.05) is 127 Å². The summed E-state index contributed by atoms with van der Waals surface area (Å²) in [4.78, 5) is 120. The Morgan fingerprint density at radius 3 is 0.917 bits per heavy atom. The highest BCUT2D eigenvalue weighted by Crippen LogP contribution is 2.39. The van der Waals surface area contributed by atoms with Crippen LogP contribution in [0.1, 0.15) is 124 Å². The van der Waals surface area contributed by atoms with Gasteiger partial charge < -0.3 is 79.6 Å². The number of nitrogen functional groups attached to an aromatic ring is 1. The Balaban J connectivity index is 0.000000227. The van der Waals surface area contributed by atoms with E-state index in [0.29, 0.717) is 16.9 Å². The molecule has 0 atom stereocenters. The molecule has 0 heterocycles. The normalized spacial score (nSPS) is 10.5. The van der Waals surface area contributed by atoms with E-state index < -0.39 is 89.7 Å². The minimum Gasteiger partial charge on any atom is -0.506 e. The monoisotopic (exact) mass is 1950 g/mol. The molecule has 8 N–H and O–H groups in total. The molecule has 26 nitrogen and oxygen atoms in total. The molecule has 0 unspecified atom stereocenters. The van der Waals surface area contributed by atoms with Crippen molar-refractivity contribution in [3.05, 3.63) is 327 Å². The molecule has 132 heavy (non-hydrogen) atoms. The van der Waals surface area contributed by atoms with E-state index in [1.54, 1.807) is 108 Å². The number of amides is 3. The fraction of sp³-hybridized carbons (Fsp3) is 0.163. The maximum Gasteiger partial charge on any atom is 0.344 e. The van der Waals surface area contributed by atoms with Crippen LogP contribution >= 0.6 is 92.8 Å². The van der Waals surface area contributed by atoms with Gasteiger partial charge in [-0.05, 0) is 183 Å². The fourth-order valence-electron chi connectivity index (χ4n) is 11.8. The smallest absolute Gasteiger partial charge is 0.344 e. The number of carboxylic acids is 1. The lowest BCUT2D eigenvalue weighted by Gasteiger charge is -2.20. The Kier molecular flexibility index (Phi) is 40.1. The number of hydrogen-bond acceptors (Lipinski definition) is 22. The van der Waals surface area contributed by atoms with Gasteiger partial charge in [-0.1, -0.05) is 238 Å². The van der Waals surface area contributed by atoms with Gasteiger partial charge in [0.25, 0.3) is 17.7 Å². The number of aromatic hydroxyl groups is 1. The number of aliphatic hydroxyl groups is 1. The van der Waals surface area contributed by atoms with Gasteiger partial charge in [-0.25, -0.2) is 33.6 Å². The van der Waals surface area contributed by atoms with Gasteiger partial charge in [0.2, 0.25) is 0 Å². The molecule has 34 heteroatoms. The number of anilines is 4. The molecular weight excluding hydrogens is 1870 g/mol. The molecular formula is C98H88Cl8N4O22. The minimum absolute atomic E-state index is 0.0300. The summed E-state index contributed by atoms with van der Waals surface area (Å²) in [5, 5.41) is 36.4. The number of rotatable bonds is 21. The fourth-order valence-corrected chi connectivity index (χ4v) is 14.0. The average molecular weight is 1960 g/mol. The number of aromatic carboxylic acids is 1. The number of carbonyl (C=O) groups is 10. The number of nitrogens with two attached hydrogens (primary N) is 1. The Morgan fingerprint density at radius 2 is 0.606 bits per heavy atom. The summed E-state index contributed by atoms with van der Waals surface area (Å²) in [7, 11) is 7.87. The molecule has 0 aromatic heterocycles. The summed E-state index contributed by atoms with van der Waals surface area (Å²) in [6, 6.07) is 69.7. The number of phenols is 1. The first-order chi connectivity index (χ1) is 62.6. The van der Waals surface area contributed by atoms with Crippen LogP contribution in [0.3, 0.4) is 0 Å². The van der Waals surface area contributed by atoms with Crippen LogP contribution in [0, 0.1) is 0 Å². The van der Waals surface area contributed by atoms with Gasteiger partial charge in [0.15, 0.2) is 18.1 Å². The predicted molar refractivity (Wildman–Crippen MR) is 513 cm³/mol. The standard InChI is InChI=1S/C27H25Cl2NO6.C22H17Cl2NO4.C21H15Cl2NO4.C14H13NO2.C8H6Cl2O3.C6H12O3/c1-27(2,3)36-23(31)15-35-24-20(13-18(28)14-21(24)29)25(32)30-22-12-17(16-8-6-5-7-9-16)10-11-19(22)26(33)34-4;1-28-20-17(11-15(23)12-18(20)24)21(26)25-19-10-14(13-6-4-3-5-7-13)8-9-16(19)22(27)29-2;1-28-21(27)15-8-7-13(12-5-3-2-4-6-12)9-18(15)24-20(26)16-10-14(22)11-17(23)19(16)25;1-17-14(16)12-8-7-11(9-13(12)15)10-5-3-2-4-6-10;1-13-7-5(8(11)12)2-4(9)3-6(7)10;1-6(2,3)9-5(8)4-7/h5-14H,15H2,1-4H3,(H,30,32);3-12H,1-2H3,(H,25,26);2-11,25H,1H3,(H,24,26);2-9H,15H2,1H3;2-3H,1H3,(H,11,12);7H,4H2,1-3H3. The molecule has 0 bridgehead atoms. The number of ether oxygens (including phenoxy) is 9. The Hall–Kier alpha value is -13.4. The maximum atomic E-state index is 13.3. The lowest BCUT2D eigenvalue weighted by atomic mass is 10.0. The number of benzene rings is 12.